The van der Waals surface area contributed by atoms with Crippen molar-refractivity contribution in [3.63, 3.8) is 0 Å². The molecule has 2 unspecified atom stereocenters. The van der Waals surface area contributed by atoms with Crippen LogP contribution in [-0.2, 0) is 6.54 Å². The average Bonchev–Trinajstić information content (AvgIpc) is 2.64. The number of aliphatic hydroxyl groups is 2. The van der Waals surface area contributed by atoms with Crippen LogP contribution in [0, 0.1) is 0 Å². The van der Waals surface area contributed by atoms with Gasteiger partial charge in [0.2, 0.25) is 0 Å². The van der Waals surface area contributed by atoms with E-state index >= 15 is 0 Å². The average molecular weight is 414 g/mol. The van der Waals surface area contributed by atoms with Gasteiger partial charge in [-0.2, -0.15) is 0 Å². The fourth-order valence-electron chi connectivity index (χ4n) is 3.97. The van der Waals surface area contributed by atoms with E-state index in [9.17, 15) is 10.2 Å². The van der Waals surface area contributed by atoms with Gasteiger partial charge in [0.05, 0.1) is 13.7 Å². The lowest BCUT2D eigenvalue weighted by atomic mass is 10.0. The number of aliphatic hydroxyl groups excluding tert-OH is 2. The Morgan fingerprint density at radius 3 is 1.93 bits per heavy atom. The maximum atomic E-state index is 10.5. The maximum absolute atomic E-state index is 10.5. The van der Waals surface area contributed by atoms with Gasteiger partial charge in [0.15, 0.2) is 0 Å². The summed E-state index contributed by atoms with van der Waals surface area (Å²) in [5.41, 5.74) is 1.26. The summed E-state index contributed by atoms with van der Waals surface area (Å²) in [7, 11) is 2.14. The Kier molecular flexibility index (Phi) is 16.9. The number of benzene rings is 1. The third-order valence-electron chi connectivity index (χ3n) is 5.59. The van der Waals surface area contributed by atoms with Gasteiger partial charge in [-0.25, -0.2) is 0 Å². The molecule has 0 spiro atoms. The van der Waals surface area contributed by atoms with Gasteiger partial charge in [-0.05, 0) is 6.42 Å². The summed E-state index contributed by atoms with van der Waals surface area (Å²) in [5, 5.41) is 20.0. The summed E-state index contributed by atoms with van der Waals surface area (Å²) >= 11 is 0. The van der Waals surface area contributed by atoms with Crippen LogP contribution in [0.4, 0.5) is 0 Å². The third kappa shape index (κ3) is 13.5. The van der Waals surface area contributed by atoms with Gasteiger partial charge in [0, 0.05) is 5.56 Å². The van der Waals surface area contributed by atoms with Crippen molar-refractivity contribution >= 4 is 0 Å². The van der Waals surface area contributed by atoms with Gasteiger partial charge >= 0.3 is 0 Å². The van der Waals surface area contributed by atoms with Gasteiger partial charge in [0.1, 0.15) is 25.7 Å². The van der Waals surface area contributed by atoms with Crippen LogP contribution in [0.5, 0.6) is 0 Å². The molecule has 1 rings (SSSR count). The molecule has 3 nitrogen and oxygen atoms in total. The fraction of sp³-hybridized carbons (Fsp3) is 0.750. The van der Waals surface area contributed by atoms with E-state index in [-0.39, 0.29) is 25.1 Å². The molecule has 164 valence electrons. The van der Waals surface area contributed by atoms with Crippen LogP contribution in [0.15, 0.2) is 30.3 Å². The van der Waals surface area contributed by atoms with E-state index < -0.39 is 0 Å². The molecule has 2 N–H and O–H groups in total. The number of likely N-dealkylation sites (N-methyl/N-ethyl adjacent to an activating group) is 1. The number of unbranched alkanes of at least 4 members (excludes halogenated alkanes) is 9. The molecule has 0 saturated carbocycles. The highest BCUT2D eigenvalue weighted by Gasteiger charge is 2.25. The largest absolute Gasteiger partial charge is 1.00 e. The van der Waals surface area contributed by atoms with Crippen molar-refractivity contribution in [1.29, 1.82) is 0 Å². The molecule has 0 bridgehead atoms. The van der Waals surface area contributed by atoms with Crippen LogP contribution >= 0.6 is 0 Å². The molecule has 1 aromatic rings. The molecule has 0 aliphatic rings. The smallest absolute Gasteiger partial charge is 0.105 e. The molecule has 0 saturated heterocycles. The van der Waals surface area contributed by atoms with E-state index in [1.807, 2.05) is 6.07 Å². The second-order valence-electron chi connectivity index (χ2n) is 8.52. The Morgan fingerprint density at radius 2 is 1.39 bits per heavy atom. The number of rotatable bonds is 17. The lowest BCUT2D eigenvalue weighted by Crippen LogP contribution is -3.00. The van der Waals surface area contributed by atoms with E-state index in [0.717, 1.165) is 19.4 Å². The number of quaternary nitrogens is 1. The summed E-state index contributed by atoms with van der Waals surface area (Å²) in [5.74, 6) is 0. The van der Waals surface area contributed by atoms with E-state index in [1.54, 1.807) is 0 Å². The minimum atomic E-state index is -0.278. The van der Waals surface area contributed by atoms with E-state index in [0.29, 0.717) is 17.6 Å². The number of nitrogens with zero attached hydrogens (tertiary/aromatic N) is 1. The number of hydrogen-bond acceptors (Lipinski definition) is 2. The lowest BCUT2D eigenvalue weighted by Gasteiger charge is -2.36. The first-order chi connectivity index (χ1) is 13.1. The zero-order valence-electron chi connectivity index (χ0n) is 18.3. The van der Waals surface area contributed by atoms with Crippen molar-refractivity contribution < 1.29 is 27.1 Å². The summed E-state index contributed by atoms with van der Waals surface area (Å²) in [6.45, 7) is 4.68. The molecule has 28 heavy (non-hydrogen) atoms. The van der Waals surface area contributed by atoms with E-state index in [2.05, 4.69) is 38.2 Å². The predicted molar refractivity (Wildman–Crippen MR) is 116 cm³/mol. The standard InChI is InChI=1S/C24H44NO2.ClH/c1-3-4-5-6-7-8-9-10-11-15-18-24(27)22-25(2,19-20-26)21-23-16-13-12-14-17-23;/h12-14,16-17,24,26-27H,3-11,15,18-22H2,1-2H3;1H/q+1;/p-1. The van der Waals surface area contributed by atoms with Crippen molar-refractivity contribution in [2.75, 3.05) is 26.7 Å². The second-order valence-corrected chi connectivity index (χ2v) is 8.52. The topological polar surface area (TPSA) is 40.5 Å². The van der Waals surface area contributed by atoms with Crippen LogP contribution in [0.1, 0.15) is 83.1 Å². The van der Waals surface area contributed by atoms with Crippen LogP contribution in [0.3, 0.4) is 0 Å². The Morgan fingerprint density at radius 1 is 0.857 bits per heavy atom. The predicted octanol–water partition coefficient (Wildman–Crippen LogP) is 2.30. The van der Waals surface area contributed by atoms with Crippen LogP contribution in [0.25, 0.3) is 0 Å². The summed E-state index contributed by atoms with van der Waals surface area (Å²) in [6, 6.07) is 10.4. The molecule has 1 aromatic carbocycles. The van der Waals surface area contributed by atoms with Crippen molar-refractivity contribution in [1.82, 2.24) is 0 Å². The zero-order valence-corrected chi connectivity index (χ0v) is 19.0. The van der Waals surface area contributed by atoms with Crippen molar-refractivity contribution in [3.8, 4) is 0 Å². The first-order valence-electron chi connectivity index (χ1n) is 11.3. The van der Waals surface area contributed by atoms with Gasteiger partial charge in [0.25, 0.3) is 0 Å². The summed E-state index contributed by atoms with van der Waals surface area (Å²) < 4.78 is 0.694. The molecule has 0 amide bonds. The van der Waals surface area contributed by atoms with Gasteiger partial charge in [-0.1, -0.05) is 101 Å². The molecular formula is C24H44ClNO2. The van der Waals surface area contributed by atoms with E-state index in [1.165, 1.54) is 63.4 Å². The van der Waals surface area contributed by atoms with E-state index in [4.69, 9.17) is 0 Å². The quantitative estimate of drug-likeness (QED) is 0.304. The molecule has 0 fully saturated rings. The second kappa shape index (κ2) is 17.3. The van der Waals surface area contributed by atoms with Crippen molar-refractivity contribution in [2.45, 2.75) is 90.2 Å². The van der Waals surface area contributed by atoms with Gasteiger partial charge < -0.3 is 27.1 Å². The maximum Gasteiger partial charge on any atom is 0.105 e. The first-order valence-corrected chi connectivity index (χ1v) is 11.3. The molecule has 0 radical (unpaired) electrons. The highest BCUT2D eigenvalue weighted by atomic mass is 35.5. The third-order valence-corrected chi connectivity index (χ3v) is 5.59. The monoisotopic (exact) mass is 413 g/mol. The molecule has 0 aliphatic carbocycles. The number of halogens is 1. The lowest BCUT2D eigenvalue weighted by molar-refractivity contribution is -0.925. The molecule has 0 aromatic heterocycles. The first kappa shape index (κ1) is 27.4. The summed E-state index contributed by atoms with van der Waals surface area (Å²) in [6.07, 6.45) is 13.8. The molecule has 0 heterocycles. The molecule has 4 heteroatoms. The Bertz CT molecular complexity index is 457. The van der Waals surface area contributed by atoms with Crippen molar-refractivity contribution in [3.05, 3.63) is 35.9 Å². The van der Waals surface area contributed by atoms with Crippen LogP contribution < -0.4 is 12.4 Å². The van der Waals surface area contributed by atoms with Crippen molar-refractivity contribution in [2.24, 2.45) is 0 Å². The van der Waals surface area contributed by atoms with Gasteiger partial charge in [-0.3, -0.25) is 0 Å². The number of hydrogen-bond donors (Lipinski definition) is 2. The van der Waals surface area contributed by atoms with Crippen LogP contribution in [-0.4, -0.2) is 47.5 Å². The SMILES string of the molecule is CCCCCCCCCCCCC(O)C[N+](C)(CCO)Cc1ccccc1.[Cl-]. The highest BCUT2D eigenvalue weighted by molar-refractivity contribution is 5.13. The molecule has 2 atom stereocenters. The molecule has 0 aliphatic heterocycles. The Hall–Kier alpha value is -0.610. The normalized spacial score (nSPS) is 14.3. The minimum Gasteiger partial charge on any atom is -1.00 e. The minimum absolute atomic E-state index is 0. The zero-order chi connectivity index (χ0) is 19.8. The highest BCUT2D eigenvalue weighted by Crippen LogP contribution is 2.16. The fourth-order valence-corrected chi connectivity index (χ4v) is 3.97. The summed E-state index contributed by atoms with van der Waals surface area (Å²) in [4.78, 5) is 0. The molecular weight excluding hydrogens is 370 g/mol. The van der Waals surface area contributed by atoms with Crippen LogP contribution in [0.2, 0.25) is 0 Å². The Balaban J connectivity index is 0.00000729. The Labute approximate surface area is 180 Å². The van der Waals surface area contributed by atoms with Gasteiger partial charge in [-0.15, -0.1) is 0 Å².